The van der Waals surface area contributed by atoms with Crippen LogP contribution in [0.4, 0.5) is 5.69 Å². The van der Waals surface area contributed by atoms with Crippen LogP contribution in [0.3, 0.4) is 0 Å². The Hall–Kier alpha value is -2.63. The molecule has 0 spiro atoms. The van der Waals surface area contributed by atoms with Crippen molar-refractivity contribution in [2.45, 2.75) is 33.4 Å². The van der Waals surface area contributed by atoms with E-state index in [4.69, 9.17) is 4.74 Å². The highest BCUT2D eigenvalue weighted by Crippen LogP contribution is 2.25. The fourth-order valence-corrected chi connectivity index (χ4v) is 2.14. The number of aromatic nitrogens is 1. The van der Waals surface area contributed by atoms with E-state index in [2.05, 4.69) is 0 Å². The summed E-state index contributed by atoms with van der Waals surface area (Å²) in [4.78, 5) is 22.6. The monoisotopic (exact) mass is 302 g/mol. The second-order valence-corrected chi connectivity index (χ2v) is 5.34. The van der Waals surface area contributed by atoms with Crippen LogP contribution >= 0.6 is 0 Å². The van der Waals surface area contributed by atoms with Crippen molar-refractivity contribution in [1.29, 1.82) is 0 Å². The minimum atomic E-state index is -0.457. The smallest absolute Gasteiger partial charge is 0.270 e. The van der Waals surface area contributed by atoms with E-state index in [1.807, 2.05) is 13.8 Å². The minimum Gasteiger partial charge on any atom is -0.491 e. The lowest BCUT2D eigenvalue weighted by molar-refractivity contribution is -0.384. The lowest BCUT2D eigenvalue weighted by Crippen LogP contribution is -2.22. The van der Waals surface area contributed by atoms with Crippen molar-refractivity contribution in [3.8, 4) is 5.75 Å². The van der Waals surface area contributed by atoms with Gasteiger partial charge in [0.15, 0.2) is 0 Å². The van der Waals surface area contributed by atoms with Crippen molar-refractivity contribution in [3.63, 3.8) is 0 Å². The number of aryl methyl sites for hydroxylation is 1. The van der Waals surface area contributed by atoms with Crippen LogP contribution in [0.1, 0.15) is 25.0 Å². The lowest BCUT2D eigenvalue weighted by atomic mass is 10.1. The number of nitro benzene ring substituents is 1. The van der Waals surface area contributed by atoms with E-state index in [0.29, 0.717) is 16.9 Å². The van der Waals surface area contributed by atoms with E-state index < -0.39 is 4.92 Å². The van der Waals surface area contributed by atoms with Crippen LogP contribution in [-0.4, -0.2) is 15.6 Å². The van der Waals surface area contributed by atoms with Crippen molar-refractivity contribution in [3.05, 3.63) is 68.1 Å². The molecule has 2 aromatic rings. The molecule has 116 valence electrons. The van der Waals surface area contributed by atoms with Crippen LogP contribution in [0.25, 0.3) is 0 Å². The third-order valence-electron chi connectivity index (χ3n) is 3.17. The highest BCUT2D eigenvalue weighted by Gasteiger charge is 2.14. The summed E-state index contributed by atoms with van der Waals surface area (Å²) in [6, 6.07) is 7.94. The van der Waals surface area contributed by atoms with Gasteiger partial charge in [-0.3, -0.25) is 14.9 Å². The predicted octanol–water partition coefficient (Wildman–Crippen LogP) is 2.90. The summed E-state index contributed by atoms with van der Waals surface area (Å²) in [7, 11) is 0. The molecule has 0 bridgehead atoms. The first kappa shape index (κ1) is 15.8. The van der Waals surface area contributed by atoms with Crippen LogP contribution in [0.2, 0.25) is 0 Å². The molecule has 0 aliphatic heterocycles. The Morgan fingerprint density at radius 3 is 2.68 bits per heavy atom. The summed E-state index contributed by atoms with van der Waals surface area (Å²) in [6.45, 7) is 5.72. The van der Waals surface area contributed by atoms with Crippen molar-refractivity contribution in [2.75, 3.05) is 0 Å². The molecule has 1 heterocycles. The zero-order chi connectivity index (χ0) is 16.3. The first-order chi connectivity index (χ1) is 10.4. The molecule has 0 atom stereocenters. The highest BCUT2D eigenvalue weighted by atomic mass is 16.6. The SMILES string of the molecule is Cc1cccn(Cc2cc([N+](=O)[O-])ccc2OC(C)C)c1=O. The fourth-order valence-electron chi connectivity index (χ4n) is 2.14. The van der Waals surface area contributed by atoms with E-state index in [9.17, 15) is 14.9 Å². The van der Waals surface area contributed by atoms with E-state index in [1.165, 1.54) is 16.7 Å². The Kier molecular flexibility index (Phi) is 4.60. The van der Waals surface area contributed by atoms with Gasteiger partial charge in [0.05, 0.1) is 17.6 Å². The summed E-state index contributed by atoms with van der Waals surface area (Å²) in [6.07, 6.45) is 1.60. The quantitative estimate of drug-likeness (QED) is 0.628. The minimum absolute atomic E-state index is 0.0215. The first-order valence-corrected chi connectivity index (χ1v) is 6.98. The predicted molar refractivity (Wildman–Crippen MR) is 83.4 cm³/mol. The number of non-ortho nitro benzene ring substituents is 1. The number of nitrogens with zero attached hydrogens (tertiary/aromatic N) is 2. The molecular formula is C16H18N2O4. The van der Waals surface area contributed by atoms with E-state index in [1.54, 1.807) is 31.3 Å². The maximum absolute atomic E-state index is 12.1. The van der Waals surface area contributed by atoms with Crippen LogP contribution in [0.15, 0.2) is 41.3 Å². The summed E-state index contributed by atoms with van der Waals surface area (Å²) in [5.41, 5.74) is 1.09. The third kappa shape index (κ3) is 3.52. The summed E-state index contributed by atoms with van der Waals surface area (Å²) in [5, 5.41) is 11.0. The summed E-state index contributed by atoms with van der Waals surface area (Å²) < 4.78 is 7.20. The number of nitro groups is 1. The molecule has 0 saturated heterocycles. The number of hydrogen-bond acceptors (Lipinski definition) is 4. The Labute approximate surface area is 128 Å². The second-order valence-electron chi connectivity index (χ2n) is 5.34. The van der Waals surface area contributed by atoms with Gasteiger partial charge in [-0.05, 0) is 32.9 Å². The molecule has 1 aromatic carbocycles. The summed E-state index contributed by atoms with van der Waals surface area (Å²) >= 11 is 0. The maximum Gasteiger partial charge on any atom is 0.270 e. The van der Waals surface area contributed by atoms with Crippen molar-refractivity contribution in [2.24, 2.45) is 0 Å². The molecule has 6 nitrogen and oxygen atoms in total. The van der Waals surface area contributed by atoms with Gasteiger partial charge in [-0.2, -0.15) is 0 Å². The number of ether oxygens (including phenoxy) is 1. The van der Waals surface area contributed by atoms with Crippen LogP contribution in [-0.2, 0) is 6.54 Å². The molecule has 1 aromatic heterocycles. The molecule has 0 amide bonds. The van der Waals surface area contributed by atoms with Crippen molar-refractivity contribution in [1.82, 2.24) is 4.57 Å². The molecule has 22 heavy (non-hydrogen) atoms. The zero-order valence-corrected chi connectivity index (χ0v) is 12.8. The topological polar surface area (TPSA) is 74.4 Å². The average Bonchev–Trinajstić information content (AvgIpc) is 2.45. The Bertz CT molecular complexity index is 750. The van der Waals surface area contributed by atoms with Crippen LogP contribution in [0, 0.1) is 17.0 Å². The normalized spacial score (nSPS) is 10.7. The number of pyridine rings is 1. The first-order valence-electron chi connectivity index (χ1n) is 6.98. The number of rotatable bonds is 5. The van der Waals surface area contributed by atoms with Gasteiger partial charge in [0, 0.05) is 29.5 Å². The molecule has 0 saturated carbocycles. The van der Waals surface area contributed by atoms with Crippen LogP contribution in [0.5, 0.6) is 5.75 Å². The van der Waals surface area contributed by atoms with Crippen molar-refractivity contribution >= 4 is 5.69 Å². The zero-order valence-electron chi connectivity index (χ0n) is 12.8. The maximum atomic E-state index is 12.1. The third-order valence-corrected chi connectivity index (χ3v) is 3.17. The molecule has 0 aliphatic carbocycles. The van der Waals surface area contributed by atoms with Crippen molar-refractivity contribution < 1.29 is 9.66 Å². The standard InChI is InChI=1S/C16H18N2O4/c1-11(2)22-15-7-6-14(18(20)21)9-13(15)10-17-8-4-5-12(3)16(17)19/h4-9,11H,10H2,1-3H3. The molecule has 0 N–H and O–H groups in total. The highest BCUT2D eigenvalue weighted by molar-refractivity contribution is 5.44. The lowest BCUT2D eigenvalue weighted by Gasteiger charge is -2.15. The molecule has 0 radical (unpaired) electrons. The molecular weight excluding hydrogens is 284 g/mol. The van der Waals surface area contributed by atoms with Gasteiger partial charge in [-0.15, -0.1) is 0 Å². The summed E-state index contributed by atoms with van der Waals surface area (Å²) in [5.74, 6) is 0.550. The second kappa shape index (κ2) is 6.43. The van der Waals surface area contributed by atoms with Gasteiger partial charge in [-0.25, -0.2) is 0 Å². The molecule has 6 heteroatoms. The molecule has 0 aliphatic rings. The van der Waals surface area contributed by atoms with Gasteiger partial charge in [-0.1, -0.05) is 6.07 Å². The van der Waals surface area contributed by atoms with Gasteiger partial charge in [0.2, 0.25) is 0 Å². The van der Waals surface area contributed by atoms with Gasteiger partial charge >= 0.3 is 0 Å². The molecule has 2 rings (SSSR count). The fraction of sp³-hybridized carbons (Fsp3) is 0.312. The van der Waals surface area contributed by atoms with Gasteiger partial charge in [0.25, 0.3) is 11.2 Å². The number of hydrogen-bond donors (Lipinski definition) is 0. The Balaban J connectivity index is 2.46. The van der Waals surface area contributed by atoms with Gasteiger partial charge in [0.1, 0.15) is 5.75 Å². The Morgan fingerprint density at radius 1 is 1.32 bits per heavy atom. The van der Waals surface area contributed by atoms with Crippen LogP contribution < -0.4 is 10.3 Å². The van der Waals surface area contributed by atoms with E-state index >= 15 is 0 Å². The molecule has 0 unspecified atom stereocenters. The average molecular weight is 302 g/mol. The Morgan fingerprint density at radius 2 is 2.05 bits per heavy atom. The van der Waals surface area contributed by atoms with E-state index in [-0.39, 0.29) is 23.9 Å². The number of benzene rings is 1. The largest absolute Gasteiger partial charge is 0.491 e. The van der Waals surface area contributed by atoms with Gasteiger partial charge < -0.3 is 9.30 Å². The molecule has 0 fully saturated rings. The van der Waals surface area contributed by atoms with E-state index in [0.717, 1.165) is 0 Å².